The molecule has 0 radical (unpaired) electrons. The first-order chi connectivity index (χ1) is 16.1. The van der Waals surface area contributed by atoms with Gasteiger partial charge in [-0.05, 0) is 66.8 Å². The largest absolute Gasteiger partial charge is 0.394 e. The van der Waals surface area contributed by atoms with Crippen molar-refractivity contribution in [3.05, 3.63) is 23.8 Å². The summed E-state index contributed by atoms with van der Waals surface area (Å²) in [6.07, 6.45) is 1.94. The Balaban J connectivity index is 1.73. The van der Waals surface area contributed by atoms with E-state index in [0.717, 1.165) is 50.5 Å². The monoisotopic (exact) mass is 484 g/mol. The SMILES string of the molecule is C=C1CC[C@H]2[C@](C)(COC3OC(CO)C(O)C(O)C3O)CCC[C@@]2(C)[C@H]1CCC(=CCO)CO. The third-order valence-electron chi connectivity index (χ3n) is 8.91. The molecule has 0 spiro atoms. The van der Waals surface area contributed by atoms with E-state index in [1.165, 1.54) is 5.57 Å². The Hall–Kier alpha value is -0.840. The predicted octanol–water partition coefficient (Wildman–Crippen LogP) is 1.27. The Morgan fingerprint density at radius 2 is 1.85 bits per heavy atom. The van der Waals surface area contributed by atoms with Crippen LogP contribution in [0.15, 0.2) is 23.8 Å². The zero-order valence-electron chi connectivity index (χ0n) is 20.6. The highest BCUT2D eigenvalue weighted by molar-refractivity contribution is 5.17. The Kier molecular flexibility index (Phi) is 9.36. The summed E-state index contributed by atoms with van der Waals surface area (Å²) in [6.45, 7) is 8.69. The summed E-state index contributed by atoms with van der Waals surface area (Å²) < 4.78 is 11.6. The average molecular weight is 485 g/mol. The van der Waals surface area contributed by atoms with Gasteiger partial charge in [-0.3, -0.25) is 0 Å². The zero-order chi connectivity index (χ0) is 25.1. The van der Waals surface area contributed by atoms with Crippen molar-refractivity contribution in [3.8, 4) is 0 Å². The number of fused-ring (bicyclic) bond motifs is 1. The maximum atomic E-state index is 10.4. The molecule has 3 aliphatic rings. The van der Waals surface area contributed by atoms with Crippen LogP contribution in [0.4, 0.5) is 0 Å². The van der Waals surface area contributed by atoms with Crippen LogP contribution in [0.25, 0.3) is 0 Å². The molecule has 3 rings (SSSR count). The van der Waals surface area contributed by atoms with Crippen LogP contribution < -0.4 is 0 Å². The second-order valence-corrected chi connectivity index (χ2v) is 11.1. The van der Waals surface area contributed by atoms with E-state index in [4.69, 9.17) is 9.47 Å². The number of hydrogen-bond acceptors (Lipinski definition) is 8. The van der Waals surface area contributed by atoms with E-state index in [9.17, 15) is 30.6 Å². The molecule has 3 fully saturated rings. The van der Waals surface area contributed by atoms with Gasteiger partial charge in [-0.2, -0.15) is 0 Å². The van der Waals surface area contributed by atoms with Gasteiger partial charge in [0.15, 0.2) is 6.29 Å². The first-order valence-corrected chi connectivity index (χ1v) is 12.6. The lowest BCUT2D eigenvalue weighted by Crippen LogP contribution is -2.60. The summed E-state index contributed by atoms with van der Waals surface area (Å²) >= 11 is 0. The number of aliphatic hydroxyl groups is 6. The lowest BCUT2D eigenvalue weighted by Gasteiger charge is -2.59. The minimum absolute atomic E-state index is 0.0147. The van der Waals surface area contributed by atoms with Crippen LogP contribution in [0.5, 0.6) is 0 Å². The van der Waals surface area contributed by atoms with Crippen molar-refractivity contribution < 1.29 is 40.1 Å². The quantitative estimate of drug-likeness (QED) is 0.269. The van der Waals surface area contributed by atoms with Crippen molar-refractivity contribution in [1.82, 2.24) is 0 Å². The van der Waals surface area contributed by atoms with Gasteiger partial charge in [-0.15, -0.1) is 0 Å². The van der Waals surface area contributed by atoms with Crippen molar-refractivity contribution in [1.29, 1.82) is 0 Å². The number of rotatable bonds is 9. The maximum absolute atomic E-state index is 10.4. The van der Waals surface area contributed by atoms with Crippen LogP contribution in [0.1, 0.15) is 58.8 Å². The van der Waals surface area contributed by atoms with Crippen LogP contribution >= 0.6 is 0 Å². The molecule has 1 aliphatic heterocycles. The molecular formula is C26H44O8. The highest BCUT2D eigenvalue weighted by Gasteiger charge is 2.55. The topological polar surface area (TPSA) is 140 Å². The van der Waals surface area contributed by atoms with Crippen LogP contribution in [0, 0.1) is 22.7 Å². The number of allylic oxidation sites excluding steroid dienone is 1. The summed E-state index contributed by atoms with van der Waals surface area (Å²) in [6, 6.07) is 0. The van der Waals surface area contributed by atoms with Crippen molar-refractivity contribution in [2.45, 2.75) is 89.5 Å². The van der Waals surface area contributed by atoms with Gasteiger partial charge in [0.25, 0.3) is 0 Å². The zero-order valence-corrected chi connectivity index (χ0v) is 20.6. The molecule has 0 amide bonds. The van der Waals surface area contributed by atoms with Gasteiger partial charge in [-0.1, -0.05) is 38.5 Å². The number of aliphatic hydroxyl groups excluding tert-OH is 6. The van der Waals surface area contributed by atoms with Gasteiger partial charge in [0.1, 0.15) is 24.4 Å². The smallest absolute Gasteiger partial charge is 0.186 e. The third kappa shape index (κ3) is 5.44. The molecule has 0 bridgehead atoms. The van der Waals surface area contributed by atoms with Gasteiger partial charge in [0, 0.05) is 0 Å². The lowest BCUT2D eigenvalue weighted by atomic mass is 9.47. The third-order valence-corrected chi connectivity index (χ3v) is 8.91. The van der Waals surface area contributed by atoms with Crippen LogP contribution in [-0.4, -0.2) is 87.8 Å². The fourth-order valence-electron chi connectivity index (χ4n) is 6.97. The molecule has 8 nitrogen and oxygen atoms in total. The summed E-state index contributed by atoms with van der Waals surface area (Å²) in [4.78, 5) is 0. The highest BCUT2D eigenvalue weighted by atomic mass is 16.7. The number of ether oxygens (including phenoxy) is 2. The van der Waals surface area contributed by atoms with Gasteiger partial charge in [0.05, 0.1) is 26.4 Å². The van der Waals surface area contributed by atoms with E-state index in [1.54, 1.807) is 6.08 Å². The maximum Gasteiger partial charge on any atom is 0.186 e. The minimum atomic E-state index is -1.45. The van der Waals surface area contributed by atoms with Crippen molar-refractivity contribution in [3.63, 3.8) is 0 Å². The molecule has 0 aromatic rings. The average Bonchev–Trinajstić information content (AvgIpc) is 2.80. The molecule has 5 unspecified atom stereocenters. The van der Waals surface area contributed by atoms with Crippen LogP contribution in [0.2, 0.25) is 0 Å². The van der Waals surface area contributed by atoms with E-state index in [0.29, 0.717) is 18.4 Å². The van der Waals surface area contributed by atoms with Crippen LogP contribution in [0.3, 0.4) is 0 Å². The summed E-state index contributed by atoms with van der Waals surface area (Å²) in [5.74, 6) is 0.653. The molecule has 9 atom stereocenters. The molecule has 2 saturated carbocycles. The van der Waals surface area contributed by atoms with Gasteiger partial charge < -0.3 is 40.1 Å². The Labute approximate surface area is 202 Å². The summed E-state index contributed by atoms with van der Waals surface area (Å²) in [7, 11) is 0. The standard InChI is InChI=1S/C26H44O8/c1-16-5-8-20-25(2,15-33-24-23(32)22(31)21(30)19(14-29)34-24)10-4-11-26(20,3)18(16)7-6-17(13-28)9-12-27/h9,18-24,27-32H,1,4-8,10-15H2,2-3H3/t18-,19?,20-,21?,22?,23?,24?,25-,26-/m0/s1. The van der Waals surface area contributed by atoms with E-state index < -0.39 is 37.3 Å². The fourth-order valence-corrected chi connectivity index (χ4v) is 6.97. The lowest BCUT2D eigenvalue weighted by molar-refractivity contribution is -0.309. The molecule has 1 heterocycles. The van der Waals surface area contributed by atoms with Gasteiger partial charge >= 0.3 is 0 Å². The second-order valence-electron chi connectivity index (χ2n) is 11.1. The van der Waals surface area contributed by atoms with Crippen molar-refractivity contribution >= 4 is 0 Å². The first kappa shape index (κ1) is 27.7. The van der Waals surface area contributed by atoms with Crippen molar-refractivity contribution in [2.24, 2.45) is 22.7 Å². The fraction of sp³-hybridized carbons (Fsp3) is 0.846. The Morgan fingerprint density at radius 1 is 1.12 bits per heavy atom. The molecule has 8 heteroatoms. The minimum Gasteiger partial charge on any atom is -0.394 e. The molecule has 34 heavy (non-hydrogen) atoms. The molecule has 6 N–H and O–H groups in total. The predicted molar refractivity (Wildman–Crippen MR) is 127 cm³/mol. The van der Waals surface area contributed by atoms with E-state index >= 15 is 0 Å². The molecule has 196 valence electrons. The molecule has 0 aromatic heterocycles. The van der Waals surface area contributed by atoms with E-state index in [-0.39, 0.29) is 24.0 Å². The molecule has 1 saturated heterocycles. The van der Waals surface area contributed by atoms with Gasteiger partial charge in [0.2, 0.25) is 0 Å². The Bertz CT molecular complexity index is 724. The van der Waals surface area contributed by atoms with Gasteiger partial charge in [-0.25, -0.2) is 0 Å². The Morgan fingerprint density at radius 3 is 2.50 bits per heavy atom. The van der Waals surface area contributed by atoms with E-state index in [2.05, 4.69) is 20.4 Å². The highest BCUT2D eigenvalue weighted by Crippen LogP contribution is 2.62. The molecule has 2 aliphatic carbocycles. The van der Waals surface area contributed by atoms with Crippen molar-refractivity contribution in [2.75, 3.05) is 26.4 Å². The molecule has 0 aromatic carbocycles. The first-order valence-electron chi connectivity index (χ1n) is 12.6. The normalized spacial score (nSPS) is 43.6. The second kappa shape index (κ2) is 11.5. The van der Waals surface area contributed by atoms with Crippen LogP contribution in [-0.2, 0) is 9.47 Å². The summed E-state index contributed by atoms with van der Waals surface area (Å²) in [5.41, 5.74) is 1.94. The summed E-state index contributed by atoms with van der Waals surface area (Å²) in [5, 5.41) is 58.8. The van der Waals surface area contributed by atoms with E-state index in [1.807, 2.05) is 0 Å². The number of hydrogen-bond donors (Lipinski definition) is 6. The molecular weight excluding hydrogens is 440 g/mol.